The lowest BCUT2D eigenvalue weighted by molar-refractivity contribution is 0.311. The monoisotopic (exact) mass is 309 g/mol. The maximum atomic E-state index is 12.5. The maximum absolute atomic E-state index is 12.5. The second-order valence-corrected chi connectivity index (χ2v) is 6.76. The molecule has 6 nitrogen and oxygen atoms in total. The van der Waals surface area contributed by atoms with Gasteiger partial charge in [0, 0.05) is 12.6 Å². The number of aliphatic hydroxyl groups is 1. The van der Waals surface area contributed by atoms with Crippen LogP contribution in [0.25, 0.3) is 0 Å². The molecule has 2 rings (SSSR count). The summed E-state index contributed by atoms with van der Waals surface area (Å²) < 4.78 is 27.7. The zero-order valence-corrected chi connectivity index (χ0v) is 12.5. The summed E-state index contributed by atoms with van der Waals surface area (Å²) >= 11 is 0. The second-order valence-electron chi connectivity index (χ2n) is 5.08. The van der Waals surface area contributed by atoms with Gasteiger partial charge in [0.05, 0.1) is 23.9 Å². The van der Waals surface area contributed by atoms with Crippen molar-refractivity contribution >= 4 is 15.7 Å². The first-order chi connectivity index (χ1) is 10.1. The number of hydrogen-bond acceptors (Lipinski definition) is 5. The number of aliphatic hydroxyl groups excluding tert-OH is 1. The molecule has 3 N–H and O–H groups in total. The highest BCUT2D eigenvalue weighted by atomic mass is 32.2. The van der Waals surface area contributed by atoms with Crippen LogP contribution in [0.2, 0.25) is 0 Å². The van der Waals surface area contributed by atoms with Gasteiger partial charge in [0.2, 0.25) is 10.0 Å². The van der Waals surface area contributed by atoms with E-state index in [-0.39, 0.29) is 24.1 Å². The molecule has 1 saturated carbocycles. The minimum atomic E-state index is -3.63. The summed E-state index contributed by atoms with van der Waals surface area (Å²) in [5.74, 6) is 0. The van der Waals surface area contributed by atoms with Crippen molar-refractivity contribution in [2.24, 2.45) is 0 Å². The largest absolute Gasteiger partial charge is 0.395 e. The van der Waals surface area contributed by atoms with E-state index < -0.39 is 10.0 Å². The normalized spacial score (nSPS) is 15.8. The Morgan fingerprint density at radius 3 is 2.67 bits per heavy atom. The molecule has 0 unspecified atom stereocenters. The molecular formula is C14H19N3O3S. The number of nitrogens with zero attached hydrogens (tertiary/aromatic N) is 1. The quantitative estimate of drug-likeness (QED) is 0.732. The number of anilines is 1. The van der Waals surface area contributed by atoms with Crippen LogP contribution in [0, 0.1) is 11.3 Å². The fraction of sp³-hybridized carbons (Fsp3) is 0.500. The van der Waals surface area contributed by atoms with E-state index in [9.17, 15) is 8.42 Å². The van der Waals surface area contributed by atoms with E-state index >= 15 is 0 Å². The maximum Gasteiger partial charge on any atom is 0.242 e. The Bertz CT molecular complexity index is 631. The molecule has 0 bridgehead atoms. The topological polar surface area (TPSA) is 102 Å². The number of nitriles is 1. The van der Waals surface area contributed by atoms with Crippen molar-refractivity contribution in [3.05, 3.63) is 23.8 Å². The molecule has 0 amide bonds. The van der Waals surface area contributed by atoms with Crippen LogP contribution >= 0.6 is 0 Å². The van der Waals surface area contributed by atoms with E-state index in [1.54, 1.807) is 0 Å². The Balaban J connectivity index is 2.29. The number of nitrogens with one attached hydrogen (secondary N) is 2. The van der Waals surface area contributed by atoms with Gasteiger partial charge in [0.1, 0.15) is 4.90 Å². The van der Waals surface area contributed by atoms with E-state index in [0.717, 1.165) is 25.7 Å². The van der Waals surface area contributed by atoms with Crippen molar-refractivity contribution in [3.8, 4) is 6.07 Å². The molecule has 21 heavy (non-hydrogen) atoms. The Hall–Kier alpha value is -1.62. The van der Waals surface area contributed by atoms with Crippen LogP contribution in [0.1, 0.15) is 31.2 Å². The van der Waals surface area contributed by atoms with E-state index in [0.29, 0.717) is 11.3 Å². The lowest BCUT2D eigenvalue weighted by Crippen LogP contribution is -2.33. The van der Waals surface area contributed by atoms with Gasteiger partial charge in [0.25, 0.3) is 0 Å². The summed E-state index contributed by atoms with van der Waals surface area (Å²) in [7, 11) is -3.63. The fourth-order valence-electron chi connectivity index (χ4n) is 2.49. The van der Waals surface area contributed by atoms with Crippen LogP contribution in [0.15, 0.2) is 23.1 Å². The third-order valence-electron chi connectivity index (χ3n) is 3.50. The second kappa shape index (κ2) is 6.89. The average molecular weight is 309 g/mol. The Morgan fingerprint density at radius 1 is 1.33 bits per heavy atom. The van der Waals surface area contributed by atoms with Crippen LogP contribution in [0.3, 0.4) is 0 Å². The summed E-state index contributed by atoms with van der Waals surface area (Å²) in [6.45, 7) is 0.104. The molecule has 0 heterocycles. The van der Waals surface area contributed by atoms with Crippen molar-refractivity contribution in [2.75, 3.05) is 18.5 Å². The number of rotatable bonds is 6. The van der Waals surface area contributed by atoms with Crippen LogP contribution in [0.4, 0.5) is 5.69 Å². The van der Waals surface area contributed by atoms with Gasteiger partial charge >= 0.3 is 0 Å². The van der Waals surface area contributed by atoms with Gasteiger partial charge in [-0.1, -0.05) is 12.8 Å². The molecule has 1 fully saturated rings. The minimum absolute atomic E-state index is 0.0173. The molecule has 114 valence electrons. The number of hydrogen-bond donors (Lipinski definition) is 3. The van der Waals surface area contributed by atoms with Gasteiger partial charge in [-0.05, 0) is 31.0 Å². The lowest BCUT2D eigenvalue weighted by atomic mass is 10.2. The summed E-state index contributed by atoms with van der Waals surface area (Å²) in [6, 6.07) is 6.35. The number of benzene rings is 1. The van der Waals surface area contributed by atoms with Gasteiger partial charge in [-0.15, -0.1) is 0 Å². The summed E-state index contributed by atoms with van der Waals surface area (Å²) in [6.07, 6.45) is 3.79. The van der Waals surface area contributed by atoms with Gasteiger partial charge in [-0.2, -0.15) is 5.26 Å². The van der Waals surface area contributed by atoms with Crippen molar-refractivity contribution in [3.63, 3.8) is 0 Å². The summed E-state index contributed by atoms with van der Waals surface area (Å²) in [4.78, 5) is 0.113. The first kappa shape index (κ1) is 15.8. The average Bonchev–Trinajstić information content (AvgIpc) is 2.96. The lowest BCUT2D eigenvalue weighted by Gasteiger charge is -2.16. The van der Waals surface area contributed by atoms with Crippen LogP contribution in [-0.4, -0.2) is 32.7 Å². The molecule has 7 heteroatoms. The predicted molar refractivity (Wildman–Crippen MR) is 79.3 cm³/mol. The van der Waals surface area contributed by atoms with E-state index in [2.05, 4.69) is 10.0 Å². The smallest absolute Gasteiger partial charge is 0.242 e. The Kier molecular flexibility index (Phi) is 5.17. The van der Waals surface area contributed by atoms with Crippen molar-refractivity contribution in [1.82, 2.24) is 4.72 Å². The van der Waals surface area contributed by atoms with Crippen LogP contribution in [-0.2, 0) is 10.0 Å². The first-order valence-electron chi connectivity index (χ1n) is 6.98. The highest BCUT2D eigenvalue weighted by Crippen LogP contribution is 2.25. The van der Waals surface area contributed by atoms with Gasteiger partial charge in [-0.25, -0.2) is 13.1 Å². The summed E-state index contributed by atoms with van der Waals surface area (Å²) in [5, 5.41) is 20.7. The van der Waals surface area contributed by atoms with Crippen LogP contribution < -0.4 is 10.0 Å². The SMILES string of the molecule is N#Cc1ccc(S(=O)(=O)NC2CCCC2)c(NCCO)c1. The zero-order valence-electron chi connectivity index (χ0n) is 11.7. The van der Waals surface area contributed by atoms with Crippen LogP contribution in [0.5, 0.6) is 0 Å². The molecule has 1 aliphatic carbocycles. The molecule has 0 atom stereocenters. The third kappa shape index (κ3) is 3.94. The first-order valence-corrected chi connectivity index (χ1v) is 8.46. The Morgan fingerprint density at radius 2 is 2.05 bits per heavy atom. The zero-order chi connectivity index (χ0) is 15.3. The molecule has 0 aliphatic heterocycles. The molecular weight excluding hydrogens is 290 g/mol. The van der Waals surface area contributed by atoms with Gasteiger partial charge in [-0.3, -0.25) is 0 Å². The third-order valence-corrected chi connectivity index (χ3v) is 5.08. The van der Waals surface area contributed by atoms with Crippen molar-refractivity contribution < 1.29 is 13.5 Å². The fourth-order valence-corrected chi connectivity index (χ4v) is 3.96. The summed E-state index contributed by atoms with van der Waals surface area (Å²) in [5.41, 5.74) is 0.712. The molecule has 0 aromatic heterocycles. The van der Waals surface area contributed by atoms with Gasteiger partial charge in [0.15, 0.2) is 0 Å². The molecule has 0 spiro atoms. The van der Waals surface area contributed by atoms with Crippen molar-refractivity contribution in [1.29, 1.82) is 5.26 Å². The molecule has 1 aliphatic rings. The molecule has 1 aromatic rings. The minimum Gasteiger partial charge on any atom is -0.395 e. The number of sulfonamides is 1. The molecule has 0 radical (unpaired) electrons. The van der Waals surface area contributed by atoms with E-state index in [4.69, 9.17) is 10.4 Å². The molecule has 1 aromatic carbocycles. The van der Waals surface area contributed by atoms with Crippen molar-refractivity contribution in [2.45, 2.75) is 36.6 Å². The van der Waals surface area contributed by atoms with E-state index in [1.165, 1.54) is 18.2 Å². The standard InChI is InChI=1S/C14H19N3O3S/c15-10-11-5-6-14(13(9-11)16-7-8-18)21(19,20)17-12-3-1-2-4-12/h5-6,9,12,16-18H,1-4,7-8H2. The highest BCUT2D eigenvalue weighted by Gasteiger charge is 2.25. The van der Waals surface area contributed by atoms with Gasteiger partial charge < -0.3 is 10.4 Å². The Labute approximate surface area is 124 Å². The highest BCUT2D eigenvalue weighted by molar-refractivity contribution is 7.89. The molecule has 0 saturated heterocycles. The van der Waals surface area contributed by atoms with E-state index in [1.807, 2.05) is 6.07 Å². The predicted octanol–water partition coefficient (Wildman–Crippen LogP) is 1.18.